The average Bonchev–Trinajstić information content (AvgIpc) is 2.52. The molecule has 0 aliphatic rings. The molecule has 1 aromatic rings. The van der Waals surface area contributed by atoms with Crippen molar-refractivity contribution in [3.8, 4) is 0 Å². The normalized spacial score (nSPS) is 10.9. The van der Waals surface area contributed by atoms with Crippen LogP contribution in [0.15, 0.2) is 30.3 Å². The van der Waals surface area contributed by atoms with Crippen LogP contribution in [-0.4, -0.2) is 26.7 Å². The molecule has 0 bridgehead atoms. The van der Waals surface area contributed by atoms with E-state index in [1.165, 1.54) is 31.8 Å². The van der Waals surface area contributed by atoms with E-state index < -0.39 is 0 Å². The van der Waals surface area contributed by atoms with Crippen LogP contribution in [0.3, 0.4) is 0 Å². The van der Waals surface area contributed by atoms with Gasteiger partial charge in [-0.15, -0.1) is 0 Å². The van der Waals surface area contributed by atoms with Gasteiger partial charge in [0.1, 0.15) is 0 Å². The molecule has 0 heterocycles. The van der Waals surface area contributed by atoms with E-state index >= 15 is 0 Å². The molecule has 0 atom stereocenters. The van der Waals surface area contributed by atoms with Gasteiger partial charge in [0, 0.05) is 25.9 Å². The number of hydrogen-bond donors (Lipinski definition) is 0. The van der Waals surface area contributed by atoms with Crippen LogP contribution in [0.25, 0.3) is 6.08 Å². The van der Waals surface area contributed by atoms with Crippen molar-refractivity contribution in [3.05, 3.63) is 35.9 Å². The number of hydrogen-bond acceptors (Lipinski definition) is 3. The zero-order chi connectivity index (χ0) is 16.2. The molecule has 0 aromatic heterocycles. The number of rotatable bonds is 10. The predicted octanol–water partition coefficient (Wildman–Crippen LogP) is 4.67. The van der Waals surface area contributed by atoms with Crippen molar-refractivity contribution in [2.45, 2.75) is 45.4 Å². The highest BCUT2D eigenvalue weighted by atomic mass is 16.5. The molecule has 3 heteroatoms. The topological polar surface area (TPSA) is 29.5 Å². The Kier molecular flexibility index (Phi) is 9.04. The lowest BCUT2D eigenvalue weighted by atomic mass is 10.1. The van der Waals surface area contributed by atoms with Gasteiger partial charge in [-0.25, -0.2) is 4.79 Å². The van der Waals surface area contributed by atoms with E-state index in [-0.39, 0.29) is 5.97 Å². The predicted molar refractivity (Wildman–Crippen MR) is 94.1 cm³/mol. The molecule has 1 aromatic carbocycles. The largest absolute Gasteiger partial charge is 0.463 e. The lowest BCUT2D eigenvalue weighted by molar-refractivity contribution is -0.137. The van der Waals surface area contributed by atoms with E-state index in [2.05, 4.69) is 6.92 Å². The van der Waals surface area contributed by atoms with E-state index in [0.717, 1.165) is 24.1 Å². The summed E-state index contributed by atoms with van der Waals surface area (Å²) >= 11 is 0. The minimum atomic E-state index is -0.259. The van der Waals surface area contributed by atoms with Gasteiger partial charge in [0.25, 0.3) is 0 Å². The third kappa shape index (κ3) is 7.87. The summed E-state index contributed by atoms with van der Waals surface area (Å²) < 4.78 is 5.20. The number of unbranched alkanes of at least 4 members (excludes halogenated alkanes) is 5. The molecule has 3 nitrogen and oxygen atoms in total. The Morgan fingerprint density at radius 3 is 2.32 bits per heavy atom. The number of ether oxygens (including phenoxy) is 1. The first-order chi connectivity index (χ1) is 10.6. The number of esters is 1. The van der Waals surface area contributed by atoms with Crippen LogP contribution >= 0.6 is 0 Å². The summed E-state index contributed by atoms with van der Waals surface area (Å²) in [5, 5.41) is 0. The summed E-state index contributed by atoms with van der Waals surface area (Å²) in [6, 6.07) is 8.04. The molecular formula is C19H29NO2. The maximum absolute atomic E-state index is 11.6. The smallest absolute Gasteiger partial charge is 0.330 e. The minimum Gasteiger partial charge on any atom is -0.463 e. The van der Waals surface area contributed by atoms with Gasteiger partial charge in [-0.2, -0.15) is 0 Å². The Balaban J connectivity index is 2.21. The highest BCUT2D eigenvalue weighted by Crippen LogP contribution is 2.13. The second kappa shape index (κ2) is 10.9. The fourth-order valence-electron chi connectivity index (χ4n) is 2.15. The van der Waals surface area contributed by atoms with E-state index in [9.17, 15) is 4.79 Å². The molecule has 1 rings (SSSR count). The fraction of sp³-hybridized carbons (Fsp3) is 0.526. The first-order valence-corrected chi connectivity index (χ1v) is 8.25. The van der Waals surface area contributed by atoms with Gasteiger partial charge in [-0.3, -0.25) is 0 Å². The first-order valence-electron chi connectivity index (χ1n) is 8.25. The summed E-state index contributed by atoms with van der Waals surface area (Å²) in [7, 11) is 4.01. The molecule has 22 heavy (non-hydrogen) atoms. The zero-order valence-corrected chi connectivity index (χ0v) is 14.2. The summed E-state index contributed by atoms with van der Waals surface area (Å²) in [4.78, 5) is 13.7. The van der Waals surface area contributed by atoms with E-state index in [4.69, 9.17) is 4.74 Å². The number of benzene rings is 1. The summed E-state index contributed by atoms with van der Waals surface area (Å²) in [5.74, 6) is -0.259. The Labute approximate surface area is 135 Å². The van der Waals surface area contributed by atoms with Gasteiger partial charge in [0.05, 0.1) is 6.61 Å². The van der Waals surface area contributed by atoms with Gasteiger partial charge in [-0.1, -0.05) is 51.2 Å². The fourth-order valence-corrected chi connectivity index (χ4v) is 2.15. The minimum absolute atomic E-state index is 0.259. The quantitative estimate of drug-likeness (QED) is 0.357. The third-order valence-electron chi connectivity index (χ3n) is 3.56. The monoisotopic (exact) mass is 303 g/mol. The van der Waals surface area contributed by atoms with Crippen molar-refractivity contribution < 1.29 is 9.53 Å². The second-order valence-electron chi connectivity index (χ2n) is 5.75. The highest BCUT2D eigenvalue weighted by Gasteiger charge is 1.98. The van der Waals surface area contributed by atoms with Crippen LogP contribution in [0.5, 0.6) is 0 Å². The van der Waals surface area contributed by atoms with E-state index in [0.29, 0.717) is 6.61 Å². The number of carbonyl (C=O) groups is 1. The second-order valence-corrected chi connectivity index (χ2v) is 5.75. The van der Waals surface area contributed by atoms with Crippen molar-refractivity contribution >= 4 is 17.7 Å². The molecule has 0 fully saturated rings. The molecule has 0 amide bonds. The summed E-state index contributed by atoms with van der Waals surface area (Å²) in [6.45, 7) is 2.73. The maximum atomic E-state index is 11.6. The molecule has 0 aliphatic carbocycles. The van der Waals surface area contributed by atoms with Crippen molar-refractivity contribution in [1.29, 1.82) is 0 Å². The number of carbonyl (C=O) groups excluding carboxylic acids is 1. The molecular weight excluding hydrogens is 274 g/mol. The van der Waals surface area contributed by atoms with Gasteiger partial charge >= 0.3 is 5.97 Å². The summed E-state index contributed by atoms with van der Waals surface area (Å²) in [6.07, 6.45) is 10.5. The Morgan fingerprint density at radius 2 is 1.68 bits per heavy atom. The van der Waals surface area contributed by atoms with Crippen LogP contribution in [0.1, 0.15) is 51.0 Å². The maximum Gasteiger partial charge on any atom is 0.330 e. The number of anilines is 1. The van der Waals surface area contributed by atoms with Gasteiger partial charge in [0.15, 0.2) is 0 Å². The zero-order valence-electron chi connectivity index (χ0n) is 14.2. The Morgan fingerprint density at radius 1 is 1.05 bits per heavy atom. The van der Waals surface area contributed by atoms with Crippen LogP contribution in [-0.2, 0) is 9.53 Å². The van der Waals surface area contributed by atoms with Gasteiger partial charge < -0.3 is 9.64 Å². The molecule has 0 radical (unpaired) electrons. The van der Waals surface area contributed by atoms with Gasteiger partial charge in [-0.05, 0) is 30.2 Å². The van der Waals surface area contributed by atoms with Crippen LogP contribution < -0.4 is 4.90 Å². The van der Waals surface area contributed by atoms with Gasteiger partial charge in [0.2, 0.25) is 0 Å². The highest BCUT2D eigenvalue weighted by molar-refractivity contribution is 5.87. The van der Waals surface area contributed by atoms with E-state index in [1.54, 1.807) is 6.08 Å². The van der Waals surface area contributed by atoms with Crippen LogP contribution in [0.2, 0.25) is 0 Å². The van der Waals surface area contributed by atoms with Crippen molar-refractivity contribution in [3.63, 3.8) is 0 Å². The lowest BCUT2D eigenvalue weighted by Crippen LogP contribution is -2.07. The molecule has 0 saturated carbocycles. The molecule has 0 unspecified atom stereocenters. The molecule has 0 saturated heterocycles. The van der Waals surface area contributed by atoms with Crippen molar-refractivity contribution in [2.24, 2.45) is 0 Å². The number of nitrogens with zero attached hydrogens (tertiary/aromatic N) is 1. The SMILES string of the molecule is CCCCCCCCOC(=O)/C=C/c1ccc(N(C)C)cc1. The standard InChI is InChI=1S/C19H29NO2/c1-4-5-6-7-8-9-16-22-19(21)15-12-17-10-13-18(14-11-17)20(2)3/h10-15H,4-9,16H2,1-3H3/b15-12+. The lowest BCUT2D eigenvalue weighted by Gasteiger charge is -2.11. The van der Waals surface area contributed by atoms with Crippen molar-refractivity contribution in [2.75, 3.05) is 25.6 Å². The molecule has 0 N–H and O–H groups in total. The van der Waals surface area contributed by atoms with Crippen molar-refractivity contribution in [1.82, 2.24) is 0 Å². The summed E-state index contributed by atoms with van der Waals surface area (Å²) in [5.41, 5.74) is 2.14. The van der Waals surface area contributed by atoms with Crippen LogP contribution in [0.4, 0.5) is 5.69 Å². The average molecular weight is 303 g/mol. The first kappa shape index (κ1) is 18.3. The van der Waals surface area contributed by atoms with Crippen LogP contribution in [0, 0.1) is 0 Å². The molecule has 0 spiro atoms. The Hall–Kier alpha value is -1.77. The Bertz CT molecular complexity index is 449. The molecule has 0 aliphatic heterocycles. The van der Waals surface area contributed by atoms with E-state index in [1.807, 2.05) is 43.3 Å². The molecule has 122 valence electrons. The third-order valence-corrected chi connectivity index (χ3v) is 3.56.